The van der Waals surface area contributed by atoms with Gasteiger partial charge in [-0.3, -0.25) is 4.57 Å². The Labute approximate surface area is 203 Å². The van der Waals surface area contributed by atoms with Gasteiger partial charge >= 0.3 is 11.9 Å². The number of benzene rings is 2. The zero-order valence-electron chi connectivity index (χ0n) is 19.3. The van der Waals surface area contributed by atoms with Crippen LogP contribution in [0.4, 0.5) is 13.2 Å². The average Bonchev–Trinajstić information content (AvgIpc) is 3.56. The van der Waals surface area contributed by atoms with Crippen molar-refractivity contribution in [3.05, 3.63) is 93.8 Å². The summed E-state index contributed by atoms with van der Waals surface area (Å²) in [6, 6.07) is 16.0. The van der Waals surface area contributed by atoms with Gasteiger partial charge < -0.3 is 4.98 Å². The van der Waals surface area contributed by atoms with E-state index >= 15 is 0 Å². The number of alkyl halides is 3. The second kappa shape index (κ2) is 8.18. The van der Waals surface area contributed by atoms with E-state index < -0.39 is 11.9 Å². The zero-order chi connectivity index (χ0) is 25.0. The van der Waals surface area contributed by atoms with Gasteiger partial charge in [0.25, 0.3) is 0 Å². The molecule has 0 saturated heterocycles. The lowest BCUT2D eigenvalue weighted by Gasteiger charge is -2.09. The van der Waals surface area contributed by atoms with E-state index in [0.29, 0.717) is 34.3 Å². The molecule has 0 radical (unpaired) electrons. The first-order valence-electron chi connectivity index (χ1n) is 11.6. The van der Waals surface area contributed by atoms with Crippen LogP contribution in [0.5, 0.6) is 0 Å². The van der Waals surface area contributed by atoms with Crippen molar-refractivity contribution in [2.45, 2.75) is 38.4 Å². The molecule has 1 saturated carbocycles. The molecule has 0 spiro atoms. The minimum atomic E-state index is -4.51. The van der Waals surface area contributed by atoms with Gasteiger partial charge in [0.1, 0.15) is 5.52 Å². The molecule has 7 nitrogen and oxygen atoms in total. The Kier molecular flexibility index (Phi) is 5.06. The summed E-state index contributed by atoms with van der Waals surface area (Å²) < 4.78 is 41.8. The van der Waals surface area contributed by atoms with E-state index in [4.69, 9.17) is 4.98 Å². The van der Waals surface area contributed by atoms with Crippen molar-refractivity contribution in [3.63, 3.8) is 0 Å². The molecule has 2 aromatic carbocycles. The fraction of sp³-hybridized carbons (Fsp3) is 0.231. The largest absolute Gasteiger partial charge is 0.435 e. The van der Waals surface area contributed by atoms with E-state index in [1.807, 2.05) is 18.2 Å². The van der Waals surface area contributed by atoms with Gasteiger partial charge in [-0.1, -0.05) is 36.4 Å². The SMILES string of the molecule is Cc1cc(C(F)(F)F)nn1-c1ccc(Cn2c(=O)[nH]c3cnc(-c4ccccc4C4CC4)nc32)cc1. The van der Waals surface area contributed by atoms with E-state index in [0.717, 1.165) is 30.0 Å². The van der Waals surface area contributed by atoms with E-state index in [-0.39, 0.29) is 12.2 Å². The number of rotatable bonds is 5. The molecule has 0 aliphatic heterocycles. The highest BCUT2D eigenvalue weighted by atomic mass is 19.4. The topological polar surface area (TPSA) is 81.4 Å². The molecular weight excluding hydrogens is 469 g/mol. The van der Waals surface area contributed by atoms with Crippen molar-refractivity contribution < 1.29 is 13.2 Å². The Balaban J connectivity index is 1.32. The van der Waals surface area contributed by atoms with Crippen molar-refractivity contribution in [2.75, 3.05) is 0 Å². The lowest BCUT2D eigenvalue weighted by Crippen LogP contribution is -2.18. The number of nitrogens with zero attached hydrogens (tertiary/aromatic N) is 5. The summed E-state index contributed by atoms with van der Waals surface area (Å²) >= 11 is 0. The van der Waals surface area contributed by atoms with Gasteiger partial charge in [0.05, 0.1) is 18.4 Å². The van der Waals surface area contributed by atoms with Crippen LogP contribution in [-0.2, 0) is 12.7 Å². The highest BCUT2D eigenvalue weighted by Gasteiger charge is 2.34. The van der Waals surface area contributed by atoms with Crippen molar-refractivity contribution in [1.82, 2.24) is 29.3 Å². The summed E-state index contributed by atoms with van der Waals surface area (Å²) in [6.07, 6.45) is -0.577. The summed E-state index contributed by atoms with van der Waals surface area (Å²) in [7, 11) is 0. The summed E-state index contributed by atoms with van der Waals surface area (Å²) in [6.45, 7) is 1.81. The van der Waals surface area contributed by atoms with Crippen LogP contribution >= 0.6 is 0 Å². The van der Waals surface area contributed by atoms with Gasteiger partial charge in [0.15, 0.2) is 17.2 Å². The molecule has 1 N–H and O–H groups in total. The third-order valence-corrected chi connectivity index (χ3v) is 6.43. The van der Waals surface area contributed by atoms with E-state index in [9.17, 15) is 18.0 Å². The Morgan fingerprint density at radius 1 is 1.08 bits per heavy atom. The number of aromatic nitrogens is 6. The molecular formula is C26H21F3N6O. The maximum atomic E-state index is 13.0. The molecule has 1 fully saturated rings. The molecule has 10 heteroatoms. The molecule has 5 aromatic rings. The molecule has 6 rings (SSSR count). The van der Waals surface area contributed by atoms with Crippen LogP contribution in [0.25, 0.3) is 28.2 Å². The number of H-pyrrole nitrogens is 1. The number of fused-ring (bicyclic) bond motifs is 1. The number of aromatic amines is 1. The van der Waals surface area contributed by atoms with Gasteiger partial charge in [-0.2, -0.15) is 18.3 Å². The molecule has 182 valence electrons. The highest BCUT2D eigenvalue weighted by molar-refractivity contribution is 5.74. The van der Waals surface area contributed by atoms with Crippen molar-refractivity contribution in [3.8, 4) is 17.1 Å². The van der Waals surface area contributed by atoms with Crippen LogP contribution in [0.3, 0.4) is 0 Å². The van der Waals surface area contributed by atoms with Gasteiger partial charge in [-0.15, -0.1) is 0 Å². The van der Waals surface area contributed by atoms with Crippen molar-refractivity contribution in [1.29, 1.82) is 0 Å². The van der Waals surface area contributed by atoms with Crippen molar-refractivity contribution >= 4 is 11.2 Å². The van der Waals surface area contributed by atoms with Crippen LogP contribution in [0, 0.1) is 6.92 Å². The molecule has 0 amide bonds. The van der Waals surface area contributed by atoms with Gasteiger partial charge in [0.2, 0.25) is 0 Å². The van der Waals surface area contributed by atoms with Crippen molar-refractivity contribution in [2.24, 2.45) is 0 Å². The summed E-state index contributed by atoms with van der Waals surface area (Å²) in [5, 5.41) is 3.69. The van der Waals surface area contributed by atoms with Crippen LogP contribution in [0.1, 0.15) is 41.3 Å². The Bertz CT molecular complexity index is 1640. The monoisotopic (exact) mass is 490 g/mol. The molecule has 0 unspecified atom stereocenters. The first-order valence-corrected chi connectivity index (χ1v) is 11.6. The highest BCUT2D eigenvalue weighted by Crippen LogP contribution is 2.43. The van der Waals surface area contributed by atoms with Crippen LogP contribution in [0.15, 0.2) is 65.6 Å². The van der Waals surface area contributed by atoms with E-state index in [2.05, 4.69) is 21.1 Å². The number of aryl methyl sites for hydroxylation is 1. The first-order chi connectivity index (χ1) is 17.3. The van der Waals surface area contributed by atoms with Gasteiger partial charge in [-0.05, 0) is 55.0 Å². The first kappa shape index (κ1) is 22.3. The molecule has 1 aliphatic rings. The third kappa shape index (κ3) is 3.98. The van der Waals surface area contributed by atoms with Gasteiger partial charge in [0, 0.05) is 11.3 Å². The lowest BCUT2D eigenvalue weighted by atomic mass is 10.0. The van der Waals surface area contributed by atoms with Gasteiger partial charge in [-0.25, -0.2) is 19.4 Å². The standard InChI is InChI=1S/C26H21F3N6O/c1-15-12-22(26(27,28)29)33-35(15)18-10-6-16(7-11-18)14-34-24-21(31-25(34)36)13-30-23(32-24)20-5-3-2-4-19(20)17-8-9-17/h2-7,10-13,17H,8-9,14H2,1H3,(H,31,36). The minimum absolute atomic E-state index is 0.242. The van der Waals surface area contributed by atoms with E-state index in [1.54, 1.807) is 37.4 Å². The smallest absolute Gasteiger partial charge is 0.303 e. The number of halogens is 3. The van der Waals surface area contributed by atoms with Crippen LogP contribution in [-0.4, -0.2) is 29.3 Å². The van der Waals surface area contributed by atoms with Crippen LogP contribution in [0.2, 0.25) is 0 Å². The molecule has 0 bridgehead atoms. The Morgan fingerprint density at radius 3 is 2.53 bits per heavy atom. The Morgan fingerprint density at radius 2 is 1.83 bits per heavy atom. The molecule has 1 aliphatic carbocycles. The average molecular weight is 490 g/mol. The Hall–Kier alpha value is -4.21. The van der Waals surface area contributed by atoms with Crippen LogP contribution < -0.4 is 5.69 Å². The third-order valence-electron chi connectivity index (χ3n) is 6.43. The minimum Gasteiger partial charge on any atom is -0.303 e. The maximum Gasteiger partial charge on any atom is 0.435 e. The normalized spacial score (nSPS) is 14.0. The molecule has 36 heavy (non-hydrogen) atoms. The summed E-state index contributed by atoms with van der Waals surface area (Å²) in [4.78, 5) is 24.8. The van der Waals surface area contributed by atoms with E-state index in [1.165, 1.54) is 14.8 Å². The fourth-order valence-electron chi connectivity index (χ4n) is 4.47. The zero-order valence-corrected chi connectivity index (χ0v) is 19.3. The number of imidazole rings is 1. The summed E-state index contributed by atoms with van der Waals surface area (Å²) in [5.74, 6) is 1.10. The molecule has 3 heterocycles. The molecule has 3 aromatic heterocycles. The quantitative estimate of drug-likeness (QED) is 0.366. The predicted octanol–water partition coefficient (Wildman–Crippen LogP) is 5.23. The number of hydrogen-bond donors (Lipinski definition) is 1. The number of nitrogens with one attached hydrogen (secondary N) is 1. The lowest BCUT2D eigenvalue weighted by molar-refractivity contribution is -0.141. The maximum absolute atomic E-state index is 13.0. The number of hydrogen-bond acceptors (Lipinski definition) is 4. The summed E-state index contributed by atoms with van der Waals surface area (Å²) in [5.41, 5.74) is 3.65. The second-order valence-corrected chi connectivity index (χ2v) is 9.06. The molecule has 0 atom stereocenters. The second-order valence-electron chi connectivity index (χ2n) is 9.06. The fourth-order valence-corrected chi connectivity index (χ4v) is 4.47. The predicted molar refractivity (Wildman–Crippen MR) is 128 cm³/mol.